The summed E-state index contributed by atoms with van der Waals surface area (Å²) in [6.45, 7) is 5.28. The quantitative estimate of drug-likeness (QED) is 0.256. The summed E-state index contributed by atoms with van der Waals surface area (Å²) in [5, 5.41) is 16.1. The standard InChI is InChI=1S/C24H32N4O5/c1-14(2)11-18(13-21(29)28-33)23(31)27-20(24(32)26-15(3)22(25)30)12-17-9-6-8-16-7-4-5-10-19(16)17/h4-10,14-15,18,20,33H,11-13H2,1-3H3,(H2,25,30)(H,26,32)(H,27,31)(H,28,29). The van der Waals surface area contributed by atoms with Gasteiger partial charge in [-0.15, -0.1) is 0 Å². The zero-order chi connectivity index (χ0) is 24.5. The number of carbonyl (C=O) groups is 4. The third-order valence-corrected chi connectivity index (χ3v) is 5.41. The number of benzene rings is 2. The first-order valence-corrected chi connectivity index (χ1v) is 10.9. The fourth-order valence-corrected chi connectivity index (χ4v) is 3.70. The van der Waals surface area contributed by atoms with Crippen LogP contribution in [0.2, 0.25) is 0 Å². The molecule has 0 fully saturated rings. The lowest BCUT2D eigenvalue weighted by Crippen LogP contribution is -2.54. The molecule has 9 heteroatoms. The van der Waals surface area contributed by atoms with Crippen molar-refractivity contribution in [3.8, 4) is 0 Å². The maximum absolute atomic E-state index is 13.1. The van der Waals surface area contributed by atoms with Crippen molar-refractivity contribution < 1.29 is 24.4 Å². The Hall–Kier alpha value is -3.46. The maximum atomic E-state index is 13.1. The Balaban J connectivity index is 2.32. The largest absolute Gasteiger partial charge is 0.368 e. The fourth-order valence-electron chi connectivity index (χ4n) is 3.70. The van der Waals surface area contributed by atoms with Gasteiger partial charge < -0.3 is 16.4 Å². The van der Waals surface area contributed by atoms with Gasteiger partial charge in [0.2, 0.25) is 23.6 Å². The number of hydrogen-bond donors (Lipinski definition) is 5. The van der Waals surface area contributed by atoms with Gasteiger partial charge in [-0.1, -0.05) is 56.3 Å². The van der Waals surface area contributed by atoms with Crippen molar-refractivity contribution in [3.63, 3.8) is 0 Å². The summed E-state index contributed by atoms with van der Waals surface area (Å²) in [6.07, 6.45) is 0.339. The Morgan fingerprint density at radius 2 is 1.61 bits per heavy atom. The normalized spacial score (nSPS) is 13.7. The highest BCUT2D eigenvalue weighted by atomic mass is 16.5. The summed E-state index contributed by atoms with van der Waals surface area (Å²) in [4.78, 5) is 49.2. The summed E-state index contributed by atoms with van der Waals surface area (Å²) < 4.78 is 0. The van der Waals surface area contributed by atoms with E-state index in [-0.39, 0.29) is 18.8 Å². The number of nitrogens with two attached hydrogens (primary N) is 1. The average molecular weight is 457 g/mol. The molecule has 0 aliphatic heterocycles. The van der Waals surface area contributed by atoms with Crippen molar-refractivity contribution >= 4 is 34.4 Å². The monoisotopic (exact) mass is 456 g/mol. The highest BCUT2D eigenvalue weighted by molar-refractivity contribution is 5.94. The van der Waals surface area contributed by atoms with Gasteiger partial charge >= 0.3 is 0 Å². The molecular weight excluding hydrogens is 424 g/mol. The van der Waals surface area contributed by atoms with Crippen LogP contribution in [0, 0.1) is 11.8 Å². The van der Waals surface area contributed by atoms with Crippen molar-refractivity contribution in [3.05, 3.63) is 48.0 Å². The van der Waals surface area contributed by atoms with E-state index in [1.807, 2.05) is 56.3 Å². The van der Waals surface area contributed by atoms with E-state index in [2.05, 4.69) is 10.6 Å². The van der Waals surface area contributed by atoms with E-state index in [1.54, 1.807) is 5.48 Å². The van der Waals surface area contributed by atoms with Crippen molar-refractivity contribution in [2.75, 3.05) is 0 Å². The van der Waals surface area contributed by atoms with Gasteiger partial charge in [0.05, 0.1) is 0 Å². The van der Waals surface area contributed by atoms with Crippen molar-refractivity contribution in [2.45, 2.75) is 52.1 Å². The van der Waals surface area contributed by atoms with Crippen molar-refractivity contribution in [1.29, 1.82) is 0 Å². The second-order valence-electron chi connectivity index (χ2n) is 8.60. The lowest BCUT2D eigenvalue weighted by atomic mass is 9.92. The first-order chi connectivity index (χ1) is 15.6. The minimum atomic E-state index is -1.00. The molecule has 9 nitrogen and oxygen atoms in total. The van der Waals surface area contributed by atoms with E-state index in [4.69, 9.17) is 10.9 Å². The highest BCUT2D eigenvalue weighted by Gasteiger charge is 2.29. The second kappa shape index (κ2) is 12.0. The van der Waals surface area contributed by atoms with Crippen LogP contribution in [0.5, 0.6) is 0 Å². The molecule has 0 aliphatic carbocycles. The molecule has 33 heavy (non-hydrogen) atoms. The average Bonchev–Trinajstić information content (AvgIpc) is 2.77. The molecule has 2 aromatic rings. The number of hydrogen-bond acceptors (Lipinski definition) is 5. The minimum Gasteiger partial charge on any atom is -0.368 e. The van der Waals surface area contributed by atoms with Crippen LogP contribution in [-0.2, 0) is 25.6 Å². The van der Waals surface area contributed by atoms with Crippen LogP contribution in [0.15, 0.2) is 42.5 Å². The number of rotatable bonds is 11. The van der Waals surface area contributed by atoms with Crippen LogP contribution in [-0.4, -0.2) is 40.9 Å². The van der Waals surface area contributed by atoms with E-state index >= 15 is 0 Å². The van der Waals surface area contributed by atoms with Gasteiger partial charge in [-0.25, -0.2) is 5.48 Å². The minimum absolute atomic E-state index is 0.104. The second-order valence-corrected chi connectivity index (χ2v) is 8.60. The number of amides is 4. The number of fused-ring (bicyclic) bond motifs is 1. The number of primary amides is 1. The Kier molecular flexibility index (Phi) is 9.35. The maximum Gasteiger partial charge on any atom is 0.244 e. The molecular formula is C24H32N4O5. The van der Waals surface area contributed by atoms with E-state index in [9.17, 15) is 19.2 Å². The summed E-state index contributed by atoms with van der Waals surface area (Å²) in [5.74, 6) is -3.07. The molecule has 2 rings (SSSR count). The molecule has 0 radical (unpaired) electrons. The van der Waals surface area contributed by atoms with Gasteiger partial charge in [-0.05, 0) is 35.6 Å². The first-order valence-electron chi connectivity index (χ1n) is 10.9. The Bertz CT molecular complexity index is 1000. The SMILES string of the molecule is CC(C)CC(CC(=O)NO)C(=O)NC(Cc1cccc2ccccc12)C(=O)NC(C)C(N)=O. The van der Waals surface area contributed by atoms with Gasteiger partial charge in [-0.3, -0.25) is 24.4 Å². The van der Waals surface area contributed by atoms with Gasteiger partial charge in [0, 0.05) is 18.8 Å². The zero-order valence-electron chi connectivity index (χ0n) is 19.1. The zero-order valence-corrected chi connectivity index (χ0v) is 19.1. The molecule has 2 aromatic carbocycles. The molecule has 0 aliphatic rings. The number of carbonyl (C=O) groups excluding carboxylic acids is 4. The summed E-state index contributed by atoms with van der Waals surface area (Å²) >= 11 is 0. The molecule has 0 aromatic heterocycles. The Morgan fingerprint density at radius 3 is 2.24 bits per heavy atom. The molecule has 4 amide bonds. The number of nitrogens with one attached hydrogen (secondary N) is 3. The predicted molar refractivity (Wildman–Crippen MR) is 124 cm³/mol. The first kappa shape index (κ1) is 25.8. The molecule has 0 saturated carbocycles. The molecule has 0 saturated heterocycles. The molecule has 0 spiro atoms. The van der Waals surface area contributed by atoms with Crippen LogP contribution >= 0.6 is 0 Å². The van der Waals surface area contributed by atoms with E-state index in [0.717, 1.165) is 16.3 Å². The van der Waals surface area contributed by atoms with Crippen LogP contribution in [0.1, 0.15) is 39.2 Å². The van der Waals surface area contributed by atoms with Crippen LogP contribution < -0.4 is 21.8 Å². The predicted octanol–water partition coefficient (Wildman–Crippen LogP) is 1.41. The molecule has 3 atom stereocenters. The third-order valence-electron chi connectivity index (χ3n) is 5.41. The molecule has 0 heterocycles. The Labute approximate surface area is 193 Å². The lowest BCUT2D eigenvalue weighted by Gasteiger charge is -2.24. The molecule has 0 bridgehead atoms. The fraction of sp³-hybridized carbons (Fsp3) is 0.417. The number of hydroxylamine groups is 1. The van der Waals surface area contributed by atoms with Crippen molar-refractivity contribution in [1.82, 2.24) is 16.1 Å². The lowest BCUT2D eigenvalue weighted by molar-refractivity contribution is -0.136. The molecule has 178 valence electrons. The van der Waals surface area contributed by atoms with Gasteiger partial charge in [0.15, 0.2) is 0 Å². The Morgan fingerprint density at radius 1 is 0.939 bits per heavy atom. The van der Waals surface area contributed by atoms with Crippen LogP contribution in [0.25, 0.3) is 10.8 Å². The summed E-state index contributed by atoms with van der Waals surface area (Å²) in [7, 11) is 0. The van der Waals surface area contributed by atoms with Gasteiger partial charge in [-0.2, -0.15) is 0 Å². The van der Waals surface area contributed by atoms with Crippen LogP contribution in [0.3, 0.4) is 0 Å². The summed E-state index contributed by atoms with van der Waals surface area (Å²) in [5.41, 5.74) is 7.67. The highest BCUT2D eigenvalue weighted by Crippen LogP contribution is 2.21. The molecule has 3 unspecified atom stereocenters. The third kappa shape index (κ3) is 7.57. The smallest absolute Gasteiger partial charge is 0.244 e. The topological polar surface area (TPSA) is 151 Å². The summed E-state index contributed by atoms with van der Waals surface area (Å²) in [6, 6.07) is 11.5. The molecule has 6 N–H and O–H groups in total. The van der Waals surface area contributed by atoms with Gasteiger partial charge in [0.25, 0.3) is 0 Å². The van der Waals surface area contributed by atoms with E-state index in [0.29, 0.717) is 6.42 Å². The van der Waals surface area contributed by atoms with E-state index in [1.165, 1.54) is 6.92 Å². The van der Waals surface area contributed by atoms with Crippen LogP contribution in [0.4, 0.5) is 0 Å². The van der Waals surface area contributed by atoms with Crippen molar-refractivity contribution in [2.24, 2.45) is 17.6 Å². The van der Waals surface area contributed by atoms with Gasteiger partial charge in [0.1, 0.15) is 12.1 Å². The van der Waals surface area contributed by atoms with E-state index < -0.39 is 41.6 Å².